The fourth-order valence-corrected chi connectivity index (χ4v) is 1.16. The van der Waals surface area contributed by atoms with Crippen molar-refractivity contribution in [2.75, 3.05) is 0 Å². The maximum absolute atomic E-state index is 11.2. The van der Waals surface area contributed by atoms with E-state index in [0.717, 1.165) is 0 Å². The van der Waals surface area contributed by atoms with Crippen LogP contribution in [-0.4, -0.2) is 17.0 Å². The van der Waals surface area contributed by atoms with Crippen molar-refractivity contribution in [3.05, 3.63) is 42.0 Å². The van der Waals surface area contributed by atoms with Crippen molar-refractivity contribution in [3.63, 3.8) is 0 Å². The molecule has 0 saturated carbocycles. The van der Waals surface area contributed by atoms with E-state index in [2.05, 4.69) is 6.58 Å². The van der Waals surface area contributed by atoms with Crippen LogP contribution < -0.4 is 4.74 Å². The highest BCUT2D eigenvalue weighted by Gasteiger charge is 2.13. The molecular weight excluding hydrogens is 220 g/mol. The molecule has 0 heterocycles. The third-order valence-electron chi connectivity index (χ3n) is 2.31. The zero-order valence-electron chi connectivity index (χ0n) is 9.77. The molecule has 1 N–H and O–H groups in total. The van der Waals surface area contributed by atoms with Gasteiger partial charge in [-0.3, -0.25) is 4.79 Å². The van der Waals surface area contributed by atoms with Crippen LogP contribution in [0.15, 0.2) is 36.4 Å². The highest BCUT2D eigenvalue weighted by molar-refractivity contribution is 5.88. The van der Waals surface area contributed by atoms with Gasteiger partial charge in [-0.2, -0.15) is 0 Å². The second kappa shape index (κ2) is 5.30. The quantitative estimate of drug-likeness (QED) is 0.493. The number of aliphatic carboxylic acids is 1. The van der Waals surface area contributed by atoms with Crippen LogP contribution in [0.2, 0.25) is 0 Å². The Bertz CT molecular complexity index is 445. The lowest BCUT2D eigenvalue weighted by Gasteiger charge is -2.08. The number of carboxylic acids is 1. The summed E-state index contributed by atoms with van der Waals surface area (Å²) in [6.07, 6.45) is 0. The minimum absolute atomic E-state index is 0.313. The Morgan fingerprint density at radius 1 is 1.29 bits per heavy atom. The molecule has 0 spiro atoms. The van der Waals surface area contributed by atoms with E-state index < -0.39 is 17.9 Å². The highest BCUT2D eigenvalue weighted by Crippen LogP contribution is 2.19. The normalized spacial score (nSPS) is 11.6. The number of carboxylic acid groups (broad SMARTS) is 1. The largest absolute Gasteiger partial charge is 0.481 e. The molecule has 1 unspecified atom stereocenters. The lowest BCUT2D eigenvalue weighted by atomic mass is 10.0. The molecule has 4 nitrogen and oxygen atoms in total. The van der Waals surface area contributed by atoms with Crippen molar-refractivity contribution >= 4 is 11.9 Å². The second-order valence-corrected chi connectivity index (χ2v) is 3.80. The fourth-order valence-electron chi connectivity index (χ4n) is 1.16. The van der Waals surface area contributed by atoms with Crippen LogP contribution in [-0.2, 0) is 9.59 Å². The first kappa shape index (κ1) is 13.0. The topological polar surface area (TPSA) is 63.6 Å². The van der Waals surface area contributed by atoms with Crippen molar-refractivity contribution in [1.82, 2.24) is 0 Å². The van der Waals surface area contributed by atoms with Gasteiger partial charge in [0.2, 0.25) is 0 Å². The van der Waals surface area contributed by atoms with E-state index >= 15 is 0 Å². The fraction of sp³-hybridized carbons (Fsp3) is 0.231. The van der Waals surface area contributed by atoms with E-state index in [1.54, 1.807) is 38.1 Å². The Labute approximate surface area is 99.5 Å². The molecular formula is C13H14O4. The first-order chi connectivity index (χ1) is 7.91. The average Bonchev–Trinajstić information content (AvgIpc) is 2.28. The lowest BCUT2D eigenvalue weighted by molar-refractivity contribution is -0.138. The predicted molar refractivity (Wildman–Crippen MR) is 62.9 cm³/mol. The summed E-state index contributed by atoms with van der Waals surface area (Å²) >= 11 is 0. The molecule has 0 fully saturated rings. The number of hydrogen-bond donors (Lipinski definition) is 1. The Kier molecular flexibility index (Phi) is 4.04. The standard InChI is InChI=1S/C13H14O4/c1-8(2)13(16)17-11-6-4-10(5-7-11)9(3)12(14)15/h4-7,9H,1H2,2-3H3,(H,14,15). The maximum Gasteiger partial charge on any atom is 0.338 e. The van der Waals surface area contributed by atoms with E-state index in [9.17, 15) is 9.59 Å². The molecule has 1 rings (SSSR count). The van der Waals surface area contributed by atoms with Gasteiger partial charge in [0, 0.05) is 5.57 Å². The Balaban J connectivity index is 2.78. The minimum Gasteiger partial charge on any atom is -0.481 e. The van der Waals surface area contributed by atoms with E-state index in [4.69, 9.17) is 9.84 Å². The van der Waals surface area contributed by atoms with E-state index in [0.29, 0.717) is 16.9 Å². The molecule has 0 radical (unpaired) electrons. The van der Waals surface area contributed by atoms with Crippen LogP contribution in [0.5, 0.6) is 5.75 Å². The summed E-state index contributed by atoms with van der Waals surface area (Å²) in [5.74, 6) is -1.60. The molecule has 0 aliphatic rings. The number of carbonyl (C=O) groups is 2. The molecule has 90 valence electrons. The molecule has 4 heteroatoms. The van der Waals surface area contributed by atoms with Crippen molar-refractivity contribution in [2.24, 2.45) is 0 Å². The monoisotopic (exact) mass is 234 g/mol. The summed E-state index contributed by atoms with van der Waals surface area (Å²) in [6.45, 7) is 6.62. The summed E-state index contributed by atoms with van der Waals surface area (Å²) in [4.78, 5) is 22.0. The van der Waals surface area contributed by atoms with Crippen molar-refractivity contribution in [3.8, 4) is 5.75 Å². The van der Waals surface area contributed by atoms with Gasteiger partial charge < -0.3 is 9.84 Å². The van der Waals surface area contributed by atoms with Crippen molar-refractivity contribution in [2.45, 2.75) is 19.8 Å². The molecule has 1 aromatic carbocycles. The zero-order valence-corrected chi connectivity index (χ0v) is 9.77. The van der Waals surface area contributed by atoms with E-state index in [1.807, 2.05) is 0 Å². The predicted octanol–water partition coefficient (Wildman–Crippen LogP) is 2.36. The number of benzene rings is 1. The average molecular weight is 234 g/mol. The van der Waals surface area contributed by atoms with Gasteiger partial charge in [-0.25, -0.2) is 4.79 Å². The van der Waals surface area contributed by atoms with Gasteiger partial charge in [-0.05, 0) is 31.5 Å². The summed E-state index contributed by atoms with van der Waals surface area (Å²) in [5, 5.41) is 8.83. The van der Waals surface area contributed by atoms with Crippen LogP contribution in [0.4, 0.5) is 0 Å². The van der Waals surface area contributed by atoms with Gasteiger partial charge in [-0.1, -0.05) is 18.7 Å². The van der Waals surface area contributed by atoms with Crippen molar-refractivity contribution < 1.29 is 19.4 Å². The number of ether oxygens (including phenoxy) is 1. The Morgan fingerprint density at radius 2 is 1.82 bits per heavy atom. The van der Waals surface area contributed by atoms with Crippen LogP contribution in [0.1, 0.15) is 25.3 Å². The molecule has 0 aliphatic heterocycles. The summed E-state index contributed by atoms with van der Waals surface area (Å²) in [5.41, 5.74) is 0.973. The molecule has 1 atom stereocenters. The summed E-state index contributed by atoms with van der Waals surface area (Å²) in [6, 6.07) is 6.38. The minimum atomic E-state index is -0.892. The van der Waals surface area contributed by atoms with Gasteiger partial charge >= 0.3 is 11.9 Å². The van der Waals surface area contributed by atoms with Gasteiger partial charge in [0.15, 0.2) is 0 Å². The maximum atomic E-state index is 11.2. The van der Waals surface area contributed by atoms with Gasteiger partial charge in [0.1, 0.15) is 5.75 Å². The van der Waals surface area contributed by atoms with E-state index in [1.165, 1.54) is 0 Å². The van der Waals surface area contributed by atoms with Crippen LogP contribution in [0.25, 0.3) is 0 Å². The lowest BCUT2D eigenvalue weighted by Crippen LogP contribution is -2.09. The molecule has 0 aliphatic carbocycles. The smallest absolute Gasteiger partial charge is 0.338 e. The first-order valence-corrected chi connectivity index (χ1v) is 5.12. The highest BCUT2D eigenvalue weighted by atomic mass is 16.5. The third-order valence-corrected chi connectivity index (χ3v) is 2.31. The summed E-state index contributed by atoms with van der Waals surface area (Å²) in [7, 11) is 0. The van der Waals surface area contributed by atoms with Gasteiger partial charge in [0.25, 0.3) is 0 Å². The number of rotatable bonds is 4. The molecule has 0 amide bonds. The van der Waals surface area contributed by atoms with E-state index in [-0.39, 0.29) is 0 Å². The number of hydrogen-bond acceptors (Lipinski definition) is 3. The van der Waals surface area contributed by atoms with Crippen LogP contribution in [0, 0.1) is 0 Å². The number of carbonyl (C=O) groups excluding carboxylic acids is 1. The molecule has 0 aromatic heterocycles. The SMILES string of the molecule is C=C(C)C(=O)Oc1ccc(C(C)C(=O)O)cc1. The summed E-state index contributed by atoms with van der Waals surface area (Å²) < 4.78 is 4.99. The van der Waals surface area contributed by atoms with Crippen LogP contribution >= 0.6 is 0 Å². The molecule has 1 aromatic rings. The van der Waals surface area contributed by atoms with Crippen LogP contribution in [0.3, 0.4) is 0 Å². The molecule has 0 bridgehead atoms. The Morgan fingerprint density at radius 3 is 2.24 bits per heavy atom. The van der Waals surface area contributed by atoms with Crippen molar-refractivity contribution in [1.29, 1.82) is 0 Å². The first-order valence-electron chi connectivity index (χ1n) is 5.12. The number of esters is 1. The van der Waals surface area contributed by atoms with Gasteiger partial charge in [-0.15, -0.1) is 0 Å². The third kappa shape index (κ3) is 3.45. The molecule has 17 heavy (non-hydrogen) atoms. The van der Waals surface area contributed by atoms with Gasteiger partial charge in [0.05, 0.1) is 5.92 Å². The zero-order chi connectivity index (χ0) is 13.0. The molecule has 0 saturated heterocycles. The second-order valence-electron chi connectivity index (χ2n) is 3.80. The Hall–Kier alpha value is -2.10.